The van der Waals surface area contributed by atoms with Crippen molar-refractivity contribution in [3.63, 3.8) is 0 Å². The van der Waals surface area contributed by atoms with Crippen molar-refractivity contribution >= 4 is 45.6 Å². The summed E-state index contributed by atoms with van der Waals surface area (Å²) in [6.07, 6.45) is -0.120. The lowest BCUT2D eigenvalue weighted by Crippen LogP contribution is -2.60. The number of anilines is 2. The fraction of sp³-hybridized carbons (Fsp3) is 0.103. The number of aliphatic hydroxyl groups excluding tert-OH is 1. The van der Waals surface area contributed by atoms with Gasteiger partial charge in [-0.05, 0) is 48.5 Å². The summed E-state index contributed by atoms with van der Waals surface area (Å²) in [6, 6.07) is 24.3. The second kappa shape index (κ2) is 8.30. The van der Waals surface area contributed by atoms with E-state index in [-0.39, 0.29) is 17.6 Å². The molecular weight excluding hydrogens is 470 g/mol. The standard InChI is InChI=1S/C29H21N3O5/c1-37-20-14-11-18(12-15-20)25(33)24-26(34)27(35)32-23-9-5-4-8-22(23)31-28(36)29(24,32)16-19-13-10-17-6-2-3-7-21(17)30-19/h2-15,33H,16H2,1H3,(H,31,36). The topological polar surface area (TPSA) is 109 Å². The molecule has 1 aromatic heterocycles. The van der Waals surface area contributed by atoms with Crippen molar-refractivity contribution in [1.82, 2.24) is 4.98 Å². The molecule has 0 radical (unpaired) electrons. The van der Waals surface area contributed by atoms with Gasteiger partial charge in [-0.25, -0.2) is 0 Å². The van der Waals surface area contributed by atoms with Crippen LogP contribution in [-0.4, -0.2) is 40.3 Å². The van der Waals surface area contributed by atoms with Gasteiger partial charge >= 0.3 is 5.91 Å². The molecule has 8 nitrogen and oxygen atoms in total. The number of nitrogens with zero attached hydrogens (tertiary/aromatic N) is 2. The van der Waals surface area contributed by atoms with Crippen LogP contribution in [0.25, 0.3) is 16.7 Å². The van der Waals surface area contributed by atoms with Gasteiger partial charge in [0.2, 0.25) is 0 Å². The highest BCUT2D eigenvalue weighted by atomic mass is 16.5. The second-order valence-corrected chi connectivity index (χ2v) is 8.93. The highest BCUT2D eigenvalue weighted by molar-refractivity contribution is 6.55. The van der Waals surface area contributed by atoms with Crippen LogP contribution in [0.15, 0.2) is 90.5 Å². The number of nitrogens with one attached hydrogen (secondary N) is 1. The summed E-state index contributed by atoms with van der Waals surface area (Å²) in [4.78, 5) is 46.9. The van der Waals surface area contributed by atoms with E-state index in [0.717, 1.165) is 5.39 Å². The Morgan fingerprint density at radius 3 is 2.46 bits per heavy atom. The molecule has 2 aliphatic rings. The number of pyridine rings is 1. The van der Waals surface area contributed by atoms with Gasteiger partial charge in [-0.15, -0.1) is 0 Å². The van der Waals surface area contributed by atoms with E-state index in [1.165, 1.54) is 12.0 Å². The van der Waals surface area contributed by atoms with Crippen LogP contribution in [-0.2, 0) is 20.8 Å². The SMILES string of the molecule is COc1ccc(C(O)=C2C(=O)C(=O)N3c4ccccc4NC(=O)C23Cc2ccc3ccccc3n2)cc1. The Hall–Kier alpha value is -4.98. The molecule has 8 heteroatoms. The Bertz CT molecular complexity index is 1640. The van der Waals surface area contributed by atoms with Crippen LogP contribution in [0.2, 0.25) is 0 Å². The molecule has 0 saturated carbocycles. The third kappa shape index (κ3) is 3.30. The zero-order chi connectivity index (χ0) is 25.7. The maximum Gasteiger partial charge on any atom is 0.300 e. The number of fused-ring (bicyclic) bond motifs is 4. The van der Waals surface area contributed by atoms with Gasteiger partial charge in [0.25, 0.3) is 11.7 Å². The lowest BCUT2D eigenvalue weighted by molar-refractivity contribution is -0.132. The van der Waals surface area contributed by atoms with E-state index in [1.54, 1.807) is 54.6 Å². The average molecular weight is 492 g/mol. The molecule has 1 fully saturated rings. The van der Waals surface area contributed by atoms with Gasteiger partial charge in [-0.3, -0.25) is 24.3 Å². The highest BCUT2D eigenvalue weighted by Crippen LogP contribution is 2.48. The molecule has 182 valence electrons. The van der Waals surface area contributed by atoms with E-state index >= 15 is 0 Å². The molecule has 0 aliphatic carbocycles. The third-order valence-corrected chi connectivity index (χ3v) is 6.88. The van der Waals surface area contributed by atoms with Crippen LogP contribution in [0.1, 0.15) is 11.3 Å². The Labute approximate surface area is 211 Å². The number of ketones is 1. The van der Waals surface area contributed by atoms with Gasteiger partial charge in [0.05, 0.1) is 29.6 Å². The molecule has 6 rings (SSSR count). The molecule has 0 spiro atoms. The van der Waals surface area contributed by atoms with Crippen molar-refractivity contribution in [2.45, 2.75) is 12.0 Å². The second-order valence-electron chi connectivity index (χ2n) is 8.93. The number of amides is 2. The largest absolute Gasteiger partial charge is 0.507 e. The smallest absolute Gasteiger partial charge is 0.300 e. The van der Waals surface area contributed by atoms with Gasteiger partial charge in [0.15, 0.2) is 5.54 Å². The Kier molecular flexibility index (Phi) is 5.05. The van der Waals surface area contributed by atoms with E-state index in [4.69, 9.17) is 9.72 Å². The van der Waals surface area contributed by atoms with Crippen LogP contribution in [0.4, 0.5) is 11.4 Å². The number of carbonyl (C=O) groups excluding carboxylic acids is 3. The van der Waals surface area contributed by atoms with Crippen LogP contribution in [0.5, 0.6) is 5.75 Å². The van der Waals surface area contributed by atoms with Crippen LogP contribution in [0.3, 0.4) is 0 Å². The molecule has 4 aromatic rings. The van der Waals surface area contributed by atoms with Gasteiger partial charge in [-0.1, -0.05) is 36.4 Å². The highest BCUT2D eigenvalue weighted by Gasteiger charge is 2.64. The quantitative estimate of drug-likeness (QED) is 0.253. The first-order valence-corrected chi connectivity index (χ1v) is 11.7. The van der Waals surface area contributed by atoms with E-state index in [0.29, 0.717) is 28.3 Å². The predicted molar refractivity (Wildman–Crippen MR) is 138 cm³/mol. The van der Waals surface area contributed by atoms with Crippen molar-refractivity contribution in [2.75, 3.05) is 17.3 Å². The van der Waals surface area contributed by atoms with Crippen LogP contribution >= 0.6 is 0 Å². The van der Waals surface area contributed by atoms with Crippen molar-refractivity contribution in [2.24, 2.45) is 0 Å². The average Bonchev–Trinajstić information content (AvgIpc) is 3.15. The molecule has 2 amide bonds. The fourth-order valence-corrected chi connectivity index (χ4v) is 5.12. The molecule has 1 atom stereocenters. The molecule has 1 saturated heterocycles. The zero-order valence-electron chi connectivity index (χ0n) is 19.8. The molecule has 2 N–H and O–H groups in total. The van der Waals surface area contributed by atoms with Crippen LogP contribution < -0.4 is 15.0 Å². The number of carbonyl (C=O) groups is 3. The molecule has 1 unspecified atom stereocenters. The van der Waals surface area contributed by atoms with Gasteiger partial charge in [-0.2, -0.15) is 0 Å². The minimum atomic E-state index is -1.85. The fourth-order valence-electron chi connectivity index (χ4n) is 5.12. The monoisotopic (exact) mass is 491 g/mol. The minimum absolute atomic E-state index is 0.120. The van der Waals surface area contributed by atoms with Crippen molar-refractivity contribution in [3.8, 4) is 5.75 Å². The number of hydrogen-bond acceptors (Lipinski definition) is 6. The van der Waals surface area contributed by atoms with Gasteiger partial charge in [0.1, 0.15) is 11.5 Å². The lowest BCUT2D eigenvalue weighted by Gasteiger charge is -2.41. The van der Waals surface area contributed by atoms with E-state index in [2.05, 4.69) is 5.32 Å². The number of hydrogen-bond donors (Lipinski definition) is 2. The maximum atomic E-state index is 13.9. The maximum absolute atomic E-state index is 13.9. The molecular formula is C29H21N3O5. The Balaban J connectivity index is 1.60. The molecule has 3 heterocycles. The molecule has 2 aliphatic heterocycles. The number of ether oxygens (including phenoxy) is 1. The number of methoxy groups -OCH3 is 1. The first-order valence-electron chi connectivity index (χ1n) is 11.7. The summed E-state index contributed by atoms with van der Waals surface area (Å²) < 4.78 is 5.19. The summed E-state index contributed by atoms with van der Waals surface area (Å²) in [6.45, 7) is 0. The first kappa shape index (κ1) is 22.5. The van der Waals surface area contributed by atoms with Gasteiger partial charge < -0.3 is 15.2 Å². The summed E-state index contributed by atoms with van der Waals surface area (Å²) in [7, 11) is 1.51. The number of rotatable bonds is 4. The van der Waals surface area contributed by atoms with E-state index < -0.39 is 28.9 Å². The Morgan fingerprint density at radius 1 is 0.946 bits per heavy atom. The predicted octanol–water partition coefficient (Wildman–Crippen LogP) is 4.06. The Morgan fingerprint density at radius 2 is 1.68 bits per heavy atom. The van der Waals surface area contributed by atoms with E-state index in [1.807, 2.05) is 30.3 Å². The summed E-state index contributed by atoms with van der Waals surface area (Å²) in [5.74, 6) is -2.33. The number of Topliss-reactive ketones (excluding diaryl/α,β-unsaturated/α-hetero) is 1. The summed E-state index contributed by atoms with van der Waals surface area (Å²) in [5, 5.41) is 15.2. The summed E-state index contributed by atoms with van der Waals surface area (Å²) >= 11 is 0. The number of aromatic nitrogens is 1. The van der Waals surface area contributed by atoms with E-state index in [9.17, 15) is 19.5 Å². The zero-order valence-corrected chi connectivity index (χ0v) is 19.8. The first-order chi connectivity index (χ1) is 17.9. The number of benzene rings is 3. The minimum Gasteiger partial charge on any atom is -0.507 e. The number of aliphatic hydroxyl groups is 1. The third-order valence-electron chi connectivity index (χ3n) is 6.88. The number of para-hydroxylation sites is 3. The molecule has 37 heavy (non-hydrogen) atoms. The molecule has 0 bridgehead atoms. The summed E-state index contributed by atoms with van der Waals surface area (Å²) in [5.41, 5.74) is 0.114. The van der Waals surface area contributed by atoms with Crippen molar-refractivity contribution in [1.29, 1.82) is 0 Å². The normalized spacial score (nSPS) is 19.9. The lowest BCUT2D eigenvalue weighted by atomic mass is 9.80. The van der Waals surface area contributed by atoms with Crippen molar-refractivity contribution < 1.29 is 24.2 Å². The molecule has 3 aromatic carbocycles. The van der Waals surface area contributed by atoms with Crippen molar-refractivity contribution in [3.05, 3.63) is 102 Å². The van der Waals surface area contributed by atoms with Gasteiger partial charge in [0, 0.05) is 23.1 Å². The van der Waals surface area contributed by atoms with Crippen LogP contribution in [0, 0.1) is 0 Å².